The van der Waals surface area contributed by atoms with E-state index >= 15 is 0 Å². The molecule has 1 aliphatic carbocycles. The molecule has 3 aromatic rings. The third-order valence-electron chi connectivity index (χ3n) is 7.14. The monoisotopic (exact) mass is 520 g/mol. The molecule has 1 saturated heterocycles. The van der Waals surface area contributed by atoms with Crippen LogP contribution in [0.4, 0.5) is 5.82 Å². The summed E-state index contributed by atoms with van der Waals surface area (Å²) in [5.74, 6) is -0.0571. The number of Topliss-reactive ketones (excluding diaryl/α,β-unsaturated/α-hetero) is 1. The number of amides is 1. The van der Waals surface area contributed by atoms with Crippen LogP contribution in [0.1, 0.15) is 66.0 Å². The fourth-order valence-electron chi connectivity index (χ4n) is 5.05. The second-order valence-electron chi connectivity index (χ2n) is 9.71. The van der Waals surface area contributed by atoms with Crippen LogP contribution in [0.5, 0.6) is 0 Å². The maximum atomic E-state index is 13.1. The van der Waals surface area contributed by atoms with Gasteiger partial charge in [-0.05, 0) is 51.2 Å². The van der Waals surface area contributed by atoms with Gasteiger partial charge < -0.3 is 25.6 Å². The van der Waals surface area contributed by atoms with E-state index in [4.69, 9.17) is 4.74 Å². The molecule has 1 fully saturated rings. The zero-order valence-electron chi connectivity index (χ0n) is 21.2. The summed E-state index contributed by atoms with van der Waals surface area (Å²) in [6, 6.07) is 5.43. The Balaban J connectivity index is 1.37. The SMILES string of the molecule is CC(=O)c1cccc(C(=O)N[C@@H]2[C@H](O)[C@@H](CO)O[C@H]2n2cnc3c(NCCC4=CCCCC4)ncnc32)c1. The highest BCUT2D eigenvalue weighted by Crippen LogP contribution is 2.32. The molecule has 0 spiro atoms. The van der Waals surface area contributed by atoms with Gasteiger partial charge in [0.15, 0.2) is 29.0 Å². The molecule has 0 bridgehead atoms. The van der Waals surface area contributed by atoms with Crippen molar-refractivity contribution in [2.24, 2.45) is 0 Å². The van der Waals surface area contributed by atoms with Crippen molar-refractivity contribution in [1.29, 1.82) is 0 Å². The number of anilines is 1. The van der Waals surface area contributed by atoms with Crippen LogP contribution in [0.2, 0.25) is 0 Å². The molecule has 3 heterocycles. The number of ketones is 1. The van der Waals surface area contributed by atoms with Gasteiger partial charge in [-0.1, -0.05) is 23.8 Å². The summed E-state index contributed by atoms with van der Waals surface area (Å²) in [5, 5.41) is 26.8. The van der Waals surface area contributed by atoms with Gasteiger partial charge >= 0.3 is 0 Å². The van der Waals surface area contributed by atoms with Crippen LogP contribution in [0.15, 0.2) is 48.6 Å². The molecule has 200 valence electrons. The minimum Gasteiger partial charge on any atom is -0.394 e. The van der Waals surface area contributed by atoms with Gasteiger partial charge in [0.25, 0.3) is 5.91 Å². The van der Waals surface area contributed by atoms with Crippen molar-refractivity contribution in [3.8, 4) is 0 Å². The number of fused-ring (bicyclic) bond motifs is 1. The predicted molar refractivity (Wildman–Crippen MR) is 140 cm³/mol. The molecule has 1 aliphatic heterocycles. The first kappa shape index (κ1) is 26.0. The first-order valence-corrected chi connectivity index (χ1v) is 12.9. The fraction of sp³-hybridized carbons (Fsp3) is 0.444. The van der Waals surface area contributed by atoms with Gasteiger partial charge in [0.2, 0.25) is 0 Å². The minimum atomic E-state index is -1.19. The molecule has 11 nitrogen and oxygen atoms in total. The molecular formula is C27H32N6O5. The lowest BCUT2D eigenvalue weighted by Gasteiger charge is -2.23. The van der Waals surface area contributed by atoms with Gasteiger partial charge in [-0.2, -0.15) is 0 Å². The number of hydrogen-bond acceptors (Lipinski definition) is 9. The van der Waals surface area contributed by atoms with Crippen molar-refractivity contribution in [2.45, 2.75) is 63.5 Å². The molecular weight excluding hydrogens is 488 g/mol. The molecule has 1 aromatic carbocycles. The van der Waals surface area contributed by atoms with E-state index in [1.165, 1.54) is 44.1 Å². The zero-order chi connectivity index (χ0) is 26.6. The fourth-order valence-corrected chi connectivity index (χ4v) is 5.05. The molecule has 2 aromatic heterocycles. The summed E-state index contributed by atoms with van der Waals surface area (Å²) in [4.78, 5) is 38.1. The second-order valence-corrected chi connectivity index (χ2v) is 9.71. The van der Waals surface area contributed by atoms with Crippen molar-refractivity contribution in [1.82, 2.24) is 24.8 Å². The zero-order valence-corrected chi connectivity index (χ0v) is 21.2. The number of aliphatic hydroxyl groups excluding tert-OH is 2. The summed E-state index contributed by atoms with van der Waals surface area (Å²) >= 11 is 0. The van der Waals surface area contributed by atoms with Gasteiger partial charge in [0.05, 0.1) is 12.9 Å². The number of nitrogens with one attached hydrogen (secondary N) is 2. The molecule has 0 radical (unpaired) electrons. The van der Waals surface area contributed by atoms with Crippen molar-refractivity contribution in [3.05, 3.63) is 59.7 Å². The summed E-state index contributed by atoms with van der Waals surface area (Å²) in [6.07, 6.45) is 7.97. The Morgan fingerprint density at radius 1 is 1.18 bits per heavy atom. The Hall–Kier alpha value is -3.67. The van der Waals surface area contributed by atoms with Crippen molar-refractivity contribution in [2.75, 3.05) is 18.5 Å². The van der Waals surface area contributed by atoms with Crippen LogP contribution in [0, 0.1) is 0 Å². The van der Waals surface area contributed by atoms with Crippen LogP contribution >= 0.6 is 0 Å². The minimum absolute atomic E-state index is 0.161. The van der Waals surface area contributed by atoms with Crippen LogP contribution in [-0.4, -0.2) is 72.8 Å². The van der Waals surface area contributed by atoms with Crippen molar-refractivity contribution >= 4 is 28.7 Å². The molecule has 1 amide bonds. The summed E-state index contributed by atoms with van der Waals surface area (Å²) < 4.78 is 7.58. The number of aromatic nitrogens is 4. The normalized spacial score (nSPS) is 23.3. The Morgan fingerprint density at radius 3 is 2.79 bits per heavy atom. The third-order valence-corrected chi connectivity index (χ3v) is 7.14. The summed E-state index contributed by atoms with van der Waals surface area (Å²) in [5.41, 5.74) is 3.13. The number of hydrogen-bond donors (Lipinski definition) is 4. The Morgan fingerprint density at radius 2 is 2.03 bits per heavy atom. The Labute approximate surface area is 220 Å². The topological polar surface area (TPSA) is 151 Å². The molecule has 4 N–H and O–H groups in total. The maximum absolute atomic E-state index is 13.1. The van der Waals surface area contributed by atoms with E-state index in [0.717, 1.165) is 19.3 Å². The Kier molecular flexibility index (Phi) is 7.77. The smallest absolute Gasteiger partial charge is 0.251 e. The maximum Gasteiger partial charge on any atom is 0.251 e. The number of imidazole rings is 1. The molecule has 2 aliphatic rings. The largest absolute Gasteiger partial charge is 0.394 e. The average molecular weight is 521 g/mol. The first-order valence-electron chi connectivity index (χ1n) is 12.9. The number of aliphatic hydroxyl groups is 2. The van der Waals surface area contributed by atoms with Crippen LogP contribution < -0.4 is 10.6 Å². The van der Waals surface area contributed by atoms with Crippen LogP contribution in [0.25, 0.3) is 11.2 Å². The van der Waals surface area contributed by atoms with Gasteiger partial charge in [-0.15, -0.1) is 0 Å². The molecule has 4 atom stereocenters. The van der Waals surface area contributed by atoms with Crippen LogP contribution in [-0.2, 0) is 4.74 Å². The standard InChI is InChI=1S/C27H32N6O5/c1-16(35)18-8-5-9-19(12-18)26(37)32-21-23(36)20(13-34)38-27(21)33-15-31-22-24(29-14-30-25(22)33)28-11-10-17-6-3-2-4-7-17/h5-6,8-9,12,14-15,20-21,23,27,34,36H,2-4,7,10-11,13H2,1H3,(H,32,37)(H,28,29,30)/t20-,21-,23-,27-/m1/s1. The number of benzene rings is 1. The van der Waals surface area contributed by atoms with E-state index < -0.39 is 37.0 Å². The molecule has 0 saturated carbocycles. The van der Waals surface area contributed by atoms with Gasteiger partial charge in [0.1, 0.15) is 24.6 Å². The molecule has 38 heavy (non-hydrogen) atoms. The average Bonchev–Trinajstić information content (AvgIpc) is 3.50. The lowest BCUT2D eigenvalue weighted by atomic mass is 9.97. The summed E-state index contributed by atoms with van der Waals surface area (Å²) in [6.45, 7) is 1.71. The number of carbonyl (C=O) groups excluding carboxylic acids is 2. The predicted octanol–water partition coefficient (Wildman–Crippen LogP) is 2.38. The lowest BCUT2D eigenvalue weighted by molar-refractivity contribution is -0.0440. The molecule has 0 unspecified atom stereocenters. The number of allylic oxidation sites excluding steroid dienone is 1. The highest BCUT2D eigenvalue weighted by atomic mass is 16.5. The number of carbonyl (C=O) groups is 2. The van der Waals surface area contributed by atoms with Crippen molar-refractivity contribution in [3.63, 3.8) is 0 Å². The molecule has 11 heteroatoms. The molecule has 5 rings (SSSR count). The summed E-state index contributed by atoms with van der Waals surface area (Å²) in [7, 11) is 0. The van der Waals surface area contributed by atoms with Gasteiger partial charge in [-0.25, -0.2) is 15.0 Å². The lowest BCUT2D eigenvalue weighted by Crippen LogP contribution is -2.46. The van der Waals surface area contributed by atoms with Gasteiger partial charge in [0, 0.05) is 17.7 Å². The van der Waals surface area contributed by atoms with E-state index in [2.05, 4.69) is 31.7 Å². The van der Waals surface area contributed by atoms with Gasteiger partial charge in [-0.3, -0.25) is 14.2 Å². The highest BCUT2D eigenvalue weighted by molar-refractivity contribution is 5.99. The number of nitrogens with zero attached hydrogens (tertiary/aromatic N) is 4. The number of ether oxygens (including phenoxy) is 1. The third kappa shape index (κ3) is 5.31. The van der Waals surface area contributed by atoms with Crippen LogP contribution in [0.3, 0.4) is 0 Å². The second kappa shape index (κ2) is 11.4. The number of rotatable bonds is 9. The van der Waals surface area contributed by atoms with E-state index in [1.807, 2.05) is 0 Å². The van der Waals surface area contributed by atoms with E-state index in [1.54, 1.807) is 22.8 Å². The van der Waals surface area contributed by atoms with Crippen molar-refractivity contribution < 1.29 is 24.5 Å². The van der Waals surface area contributed by atoms with E-state index in [0.29, 0.717) is 29.1 Å². The van der Waals surface area contributed by atoms with E-state index in [-0.39, 0.29) is 11.3 Å². The highest BCUT2D eigenvalue weighted by Gasteiger charge is 2.46. The first-order chi connectivity index (χ1) is 18.5. The Bertz CT molecular complexity index is 1350. The van der Waals surface area contributed by atoms with E-state index in [9.17, 15) is 19.8 Å². The quantitative estimate of drug-likeness (QED) is 0.246.